The van der Waals surface area contributed by atoms with Gasteiger partial charge in [0.25, 0.3) is 0 Å². The minimum absolute atomic E-state index is 0.0528. The number of furan rings is 1. The van der Waals surface area contributed by atoms with Crippen LogP contribution in [0.25, 0.3) is 22.6 Å². The monoisotopic (exact) mass is 392 g/mol. The molecule has 2 heterocycles. The smallest absolute Gasteiger partial charge is 0.306 e. The Labute approximate surface area is 168 Å². The van der Waals surface area contributed by atoms with Crippen molar-refractivity contribution < 1.29 is 18.3 Å². The number of halogens is 1. The first-order chi connectivity index (χ1) is 13.8. The molecule has 6 heteroatoms. The van der Waals surface area contributed by atoms with Crippen LogP contribution in [0.15, 0.2) is 53.1 Å². The van der Waals surface area contributed by atoms with Gasteiger partial charge < -0.3 is 9.15 Å². The summed E-state index contributed by atoms with van der Waals surface area (Å²) in [6, 6.07) is 13.4. The summed E-state index contributed by atoms with van der Waals surface area (Å²) in [6.45, 7) is 5.37. The highest BCUT2D eigenvalue weighted by molar-refractivity contribution is 5.76. The van der Waals surface area contributed by atoms with E-state index in [2.05, 4.69) is 11.1 Å². The molecule has 3 aromatic rings. The number of aryl methyl sites for hydroxylation is 1. The maximum Gasteiger partial charge on any atom is 0.306 e. The van der Waals surface area contributed by atoms with Crippen molar-refractivity contribution in [3.63, 3.8) is 0 Å². The molecule has 148 valence electrons. The van der Waals surface area contributed by atoms with Crippen LogP contribution in [0.1, 0.15) is 38.4 Å². The highest BCUT2D eigenvalue weighted by Gasteiger charge is 2.21. The quantitative estimate of drug-likeness (QED) is 0.551. The number of esters is 1. The van der Waals surface area contributed by atoms with Crippen LogP contribution in [0.2, 0.25) is 0 Å². The van der Waals surface area contributed by atoms with E-state index in [0.29, 0.717) is 22.7 Å². The van der Waals surface area contributed by atoms with E-state index in [1.165, 1.54) is 12.3 Å². The number of pyridine rings is 1. The molecule has 0 unspecified atom stereocenters. The molecule has 0 aliphatic heterocycles. The van der Waals surface area contributed by atoms with Gasteiger partial charge in [0, 0.05) is 17.5 Å². The average Bonchev–Trinajstić information content (AvgIpc) is 3.19. The van der Waals surface area contributed by atoms with Gasteiger partial charge in [0.15, 0.2) is 5.76 Å². The van der Waals surface area contributed by atoms with Crippen LogP contribution in [-0.4, -0.2) is 16.6 Å². The van der Waals surface area contributed by atoms with Gasteiger partial charge in [-0.3, -0.25) is 4.79 Å². The molecule has 0 amide bonds. The second-order valence-electron chi connectivity index (χ2n) is 7.53. The second-order valence-corrected chi connectivity index (χ2v) is 7.53. The van der Waals surface area contributed by atoms with Crippen LogP contribution in [0.3, 0.4) is 0 Å². The maximum absolute atomic E-state index is 14.5. The van der Waals surface area contributed by atoms with Gasteiger partial charge in [-0.05, 0) is 45.0 Å². The number of hydrogen-bond acceptors (Lipinski definition) is 5. The topological polar surface area (TPSA) is 76.1 Å². The number of aromatic nitrogens is 1. The van der Waals surface area contributed by atoms with Gasteiger partial charge in [0.2, 0.25) is 0 Å². The Bertz CT molecular complexity index is 1060. The lowest BCUT2D eigenvalue weighted by atomic mass is 9.96. The molecule has 2 aromatic heterocycles. The number of carbonyl (C=O) groups excluding carboxylic acids is 1. The molecular weight excluding hydrogens is 371 g/mol. The van der Waals surface area contributed by atoms with Crippen molar-refractivity contribution in [2.75, 3.05) is 0 Å². The normalized spacial score (nSPS) is 11.1. The third-order valence-electron chi connectivity index (χ3n) is 4.13. The van der Waals surface area contributed by atoms with Crippen molar-refractivity contribution in [3.05, 3.63) is 65.8 Å². The number of nitrogens with zero attached hydrogens (tertiary/aromatic N) is 2. The summed E-state index contributed by atoms with van der Waals surface area (Å²) in [6.07, 6.45) is 1.75. The summed E-state index contributed by atoms with van der Waals surface area (Å²) in [5, 5.41) is 9.77. The lowest BCUT2D eigenvalue weighted by molar-refractivity contribution is -0.154. The fraction of sp³-hybridized carbons (Fsp3) is 0.261. The Hall–Kier alpha value is -3.46. The number of carbonyl (C=O) groups is 1. The van der Waals surface area contributed by atoms with Crippen molar-refractivity contribution in [2.45, 2.75) is 39.2 Å². The van der Waals surface area contributed by atoms with Gasteiger partial charge in [-0.2, -0.15) is 5.26 Å². The van der Waals surface area contributed by atoms with Crippen molar-refractivity contribution >= 4 is 5.97 Å². The fourth-order valence-corrected chi connectivity index (χ4v) is 2.96. The highest BCUT2D eigenvalue weighted by Crippen LogP contribution is 2.32. The summed E-state index contributed by atoms with van der Waals surface area (Å²) >= 11 is 0. The standard InChI is InChI=1S/C23H21FN2O3/c1-23(2,3)29-22(27)11-10-19-17(14-25)16(15-7-4-5-8-18(15)24)13-20(26-19)21-9-6-12-28-21/h4-9,12-13H,10-11H2,1-3H3. The Kier molecular flexibility index (Phi) is 5.79. The van der Waals surface area contributed by atoms with Crippen molar-refractivity contribution in [1.29, 1.82) is 5.26 Å². The number of nitriles is 1. The van der Waals surface area contributed by atoms with Gasteiger partial charge in [-0.25, -0.2) is 9.37 Å². The molecule has 0 radical (unpaired) electrons. The molecule has 0 N–H and O–H groups in total. The SMILES string of the molecule is CC(C)(C)OC(=O)CCc1nc(-c2ccco2)cc(-c2ccccc2F)c1C#N. The lowest BCUT2D eigenvalue weighted by Crippen LogP contribution is -2.24. The first-order valence-electron chi connectivity index (χ1n) is 9.23. The van der Waals surface area contributed by atoms with E-state index in [4.69, 9.17) is 9.15 Å². The maximum atomic E-state index is 14.5. The minimum atomic E-state index is -0.600. The van der Waals surface area contributed by atoms with Crippen LogP contribution < -0.4 is 0 Å². The van der Waals surface area contributed by atoms with Gasteiger partial charge in [0.05, 0.1) is 23.9 Å². The number of hydrogen-bond donors (Lipinski definition) is 0. The third kappa shape index (κ3) is 4.88. The Balaban J connectivity index is 2.06. The average molecular weight is 392 g/mol. The lowest BCUT2D eigenvalue weighted by Gasteiger charge is -2.19. The molecule has 0 atom stereocenters. The Morgan fingerprint density at radius 1 is 1.21 bits per heavy atom. The summed E-state index contributed by atoms with van der Waals surface area (Å²) in [5.74, 6) is -0.344. The van der Waals surface area contributed by atoms with Gasteiger partial charge in [0.1, 0.15) is 23.2 Å². The molecular formula is C23H21FN2O3. The molecule has 0 fully saturated rings. The summed E-state index contributed by atoms with van der Waals surface area (Å²) < 4.78 is 25.2. The molecule has 1 aromatic carbocycles. The largest absolute Gasteiger partial charge is 0.463 e. The Morgan fingerprint density at radius 2 is 1.97 bits per heavy atom. The third-order valence-corrected chi connectivity index (χ3v) is 4.13. The molecule has 5 nitrogen and oxygen atoms in total. The zero-order valence-corrected chi connectivity index (χ0v) is 16.5. The number of rotatable bonds is 5. The molecule has 3 rings (SSSR count). The van der Waals surface area contributed by atoms with Crippen LogP contribution in [0.4, 0.5) is 4.39 Å². The summed E-state index contributed by atoms with van der Waals surface area (Å²) in [5.41, 5.74) is 1.19. The minimum Gasteiger partial charge on any atom is -0.463 e. The molecule has 0 aliphatic carbocycles. The molecule has 0 spiro atoms. The number of ether oxygens (including phenoxy) is 1. The van der Waals surface area contributed by atoms with Crippen LogP contribution in [0, 0.1) is 17.1 Å². The van der Waals surface area contributed by atoms with Crippen molar-refractivity contribution in [3.8, 4) is 28.7 Å². The highest BCUT2D eigenvalue weighted by atomic mass is 19.1. The van der Waals surface area contributed by atoms with E-state index in [0.717, 1.165) is 0 Å². The second kappa shape index (κ2) is 8.27. The van der Waals surface area contributed by atoms with Gasteiger partial charge in [-0.1, -0.05) is 18.2 Å². The van der Waals surface area contributed by atoms with E-state index in [-0.39, 0.29) is 29.9 Å². The van der Waals surface area contributed by atoms with Crippen LogP contribution in [-0.2, 0) is 16.0 Å². The van der Waals surface area contributed by atoms with Crippen molar-refractivity contribution in [2.24, 2.45) is 0 Å². The molecule has 0 saturated carbocycles. The fourth-order valence-electron chi connectivity index (χ4n) is 2.96. The predicted octanol–water partition coefficient (Wildman–Crippen LogP) is 5.29. The van der Waals surface area contributed by atoms with Crippen molar-refractivity contribution in [1.82, 2.24) is 4.98 Å². The Morgan fingerprint density at radius 3 is 2.59 bits per heavy atom. The van der Waals surface area contributed by atoms with E-state index < -0.39 is 11.4 Å². The molecule has 29 heavy (non-hydrogen) atoms. The summed E-state index contributed by atoms with van der Waals surface area (Å²) in [7, 11) is 0. The molecule has 0 bridgehead atoms. The van der Waals surface area contributed by atoms with E-state index in [9.17, 15) is 14.4 Å². The zero-order chi connectivity index (χ0) is 21.0. The van der Waals surface area contributed by atoms with Crippen LogP contribution in [0.5, 0.6) is 0 Å². The first-order valence-corrected chi connectivity index (χ1v) is 9.23. The molecule has 0 saturated heterocycles. The predicted molar refractivity (Wildman–Crippen MR) is 106 cm³/mol. The first kappa shape index (κ1) is 20.3. The summed E-state index contributed by atoms with van der Waals surface area (Å²) in [4.78, 5) is 16.7. The van der Waals surface area contributed by atoms with Crippen LogP contribution >= 0.6 is 0 Å². The van der Waals surface area contributed by atoms with E-state index in [1.807, 2.05) is 0 Å². The van der Waals surface area contributed by atoms with E-state index >= 15 is 0 Å². The zero-order valence-electron chi connectivity index (χ0n) is 16.5. The van der Waals surface area contributed by atoms with Gasteiger partial charge >= 0.3 is 5.97 Å². The van der Waals surface area contributed by atoms with E-state index in [1.54, 1.807) is 57.2 Å². The molecule has 0 aliphatic rings. The van der Waals surface area contributed by atoms with Gasteiger partial charge in [-0.15, -0.1) is 0 Å². The number of benzene rings is 1.